The van der Waals surface area contributed by atoms with Crippen LogP contribution in [0.5, 0.6) is 0 Å². The number of benzene rings is 1. The van der Waals surface area contributed by atoms with Crippen molar-refractivity contribution in [1.29, 1.82) is 0 Å². The molecule has 0 fully saturated rings. The fraction of sp³-hybridized carbons (Fsp3) is 0.154. The second kappa shape index (κ2) is 6.38. The summed E-state index contributed by atoms with van der Waals surface area (Å²) in [6, 6.07) is 12.4. The predicted molar refractivity (Wildman–Crippen MR) is 75.4 cm³/mol. The van der Waals surface area contributed by atoms with Gasteiger partial charge in [-0.05, 0) is 24.3 Å². The van der Waals surface area contributed by atoms with Crippen LogP contribution in [-0.2, 0) is 0 Å². The molecule has 6 heteroatoms. The molecule has 0 unspecified atom stereocenters. The number of thioether (sulfide) groups is 1. The molecule has 1 aromatic carbocycles. The standard InChI is InChI=1S/C13H13F2N3S/c1-16-11-7-4-8-12(18-11)17-9-5-2-3-6-10(9)19-13(14)15/h2-8,13H,1H3,(H2,16,17,18). The van der Waals surface area contributed by atoms with Gasteiger partial charge in [0.15, 0.2) is 0 Å². The summed E-state index contributed by atoms with van der Waals surface area (Å²) in [4.78, 5) is 4.78. The van der Waals surface area contributed by atoms with Crippen LogP contribution in [0.25, 0.3) is 0 Å². The van der Waals surface area contributed by atoms with E-state index in [1.807, 2.05) is 12.1 Å². The third kappa shape index (κ3) is 3.82. The Morgan fingerprint density at radius 2 is 1.79 bits per heavy atom. The van der Waals surface area contributed by atoms with Crippen molar-refractivity contribution in [3.8, 4) is 0 Å². The minimum Gasteiger partial charge on any atom is -0.373 e. The van der Waals surface area contributed by atoms with Gasteiger partial charge < -0.3 is 10.6 Å². The first-order chi connectivity index (χ1) is 9.19. The van der Waals surface area contributed by atoms with Gasteiger partial charge in [-0.3, -0.25) is 0 Å². The fourth-order valence-electron chi connectivity index (χ4n) is 1.55. The maximum atomic E-state index is 12.5. The van der Waals surface area contributed by atoms with Gasteiger partial charge in [0.05, 0.1) is 5.69 Å². The van der Waals surface area contributed by atoms with Crippen LogP contribution in [0, 0.1) is 0 Å². The maximum Gasteiger partial charge on any atom is 0.288 e. The quantitative estimate of drug-likeness (QED) is 0.806. The smallest absolute Gasteiger partial charge is 0.288 e. The number of nitrogens with zero attached hydrogens (tertiary/aromatic N) is 1. The van der Waals surface area contributed by atoms with Crippen molar-refractivity contribution in [2.45, 2.75) is 10.7 Å². The van der Waals surface area contributed by atoms with Gasteiger partial charge in [-0.15, -0.1) is 0 Å². The van der Waals surface area contributed by atoms with Gasteiger partial charge in [0.2, 0.25) is 0 Å². The minimum atomic E-state index is -2.44. The highest BCUT2D eigenvalue weighted by atomic mass is 32.2. The van der Waals surface area contributed by atoms with E-state index in [-0.39, 0.29) is 0 Å². The fourth-order valence-corrected chi connectivity index (χ4v) is 2.15. The van der Waals surface area contributed by atoms with Crippen LogP contribution >= 0.6 is 11.8 Å². The van der Waals surface area contributed by atoms with Crippen molar-refractivity contribution in [3.05, 3.63) is 42.5 Å². The van der Waals surface area contributed by atoms with Crippen molar-refractivity contribution in [1.82, 2.24) is 4.98 Å². The number of aromatic nitrogens is 1. The zero-order chi connectivity index (χ0) is 13.7. The Labute approximate surface area is 114 Å². The van der Waals surface area contributed by atoms with Crippen molar-refractivity contribution >= 4 is 29.1 Å². The van der Waals surface area contributed by atoms with E-state index in [9.17, 15) is 8.78 Å². The van der Waals surface area contributed by atoms with E-state index in [2.05, 4.69) is 15.6 Å². The molecule has 0 saturated heterocycles. The molecule has 0 saturated carbocycles. The number of nitrogens with one attached hydrogen (secondary N) is 2. The molecule has 0 bridgehead atoms. The number of alkyl halides is 2. The lowest BCUT2D eigenvalue weighted by Gasteiger charge is -2.11. The summed E-state index contributed by atoms with van der Waals surface area (Å²) in [5.74, 6) is -1.13. The molecule has 0 amide bonds. The Morgan fingerprint density at radius 1 is 1.05 bits per heavy atom. The molecular weight excluding hydrogens is 268 g/mol. The zero-order valence-corrected chi connectivity index (χ0v) is 11.0. The second-order valence-electron chi connectivity index (χ2n) is 3.66. The van der Waals surface area contributed by atoms with E-state index >= 15 is 0 Å². The predicted octanol–water partition coefficient (Wildman–Crippen LogP) is 4.18. The van der Waals surface area contributed by atoms with Crippen LogP contribution < -0.4 is 10.6 Å². The van der Waals surface area contributed by atoms with Gasteiger partial charge in [-0.2, -0.15) is 8.78 Å². The Hall–Kier alpha value is -1.82. The minimum absolute atomic E-state index is 0.495. The highest BCUT2D eigenvalue weighted by molar-refractivity contribution is 7.99. The summed E-state index contributed by atoms with van der Waals surface area (Å²) in [6.45, 7) is 0. The van der Waals surface area contributed by atoms with Gasteiger partial charge in [0.1, 0.15) is 11.6 Å². The van der Waals surface area contributed by atoms with Crippen molar-refractivity contribution in [3.63, 3.8) is 0 Å². The van der Waals surface area contributed by atoms with Crippen LogP contribution in [0.3, 0.4) is 0 Å². The van der Waals surface area contributed by atoms with Gasteiger partial charge in [0, 0.05) is 11.9 Å². The van der Waals surface area contributed by atoms with E-state index in [1.54, 1.807) is 37.4 Å². The summed E-state index contributed by atoms with van der Waals surface area (Å²) in [5.41, 5.74) is 0.619. The van der Waals surface area contributed by atoms with Crippen LogP contribution in [-0.4, -0.2) is 17.8 Å². The van der Waals surface area contributed by atoms with Crippen LogP contribution in [0.4, 0.5) is 26.1 Å². The Balaban J connectivity index is 2.22. The molecule has 1 aromatic heterocycles. The van der Waals surface area contributed by atoms with E-state index in [4.69, 9.17) is 0 Å². The number of halogens is 2. The summed E-state index contributed by atoms with van der Waals surface area (Å²) < 4.78 is 24.9. The normalized spacial score (nSPS) is 10.5. The molecule has 1 heterocycles. The van der Waals surface area contributed by atoms with Gasteiger partial charge in [0.25, 0.3) is 5.76 Å². The molecule has 0 spiro atoms. The van der Waals surface area contributed by atoms with Gasteiger partial charge >= 0.3 is 0 Å². The topological polar surface area (TPSA) is 37.0 Å². The van der Waals surface area contributed by atoms with Gasteiger partial charge in [-0.25, -0.2) is 4.98 Å². The lowest BCUT2D eigenvalue weighted by molar-refractivity contribution is 0.252. The molecule has 3 nitrogen and oxygen atoms in total. The molecule has 0 radical (unpaired) electrons. The molecule has 2 N–H and O–H groups in total. The third-order valence-corrected chi connectivity index (χ3v) is 3.16. The van der Waals surface area contributed by atoms with E-state index < -0.39 is 5.76 Å². The van der Waals surface area contributed by atoms with Crippen LogP contribution in [0.15, 0.2) is 47.4 Å². The number of hydrogen-bond acceptors (Lipinski definition) is 4. The van der Waals surface area contributed by atoms with Crippen molar-refractivity contribution in [2.24, 2.45) is 0 Å². The highest BCUT2D eigenvalue weighted by Crippen LogP contribution is 2.33. The number of pyridine rings is 1. The molecule has 0 aliphatic carbocycles. The Morgan fingerprint density at radius 3 is 2.53 bits per heavy atom. The highest BCUT2D eigenvalue weighted by Gasteiger charge is 2.10. The molecule has 19 heavy (non-hydrogen) atoms. The van der Waals surface area contributed by atoms with Gasteiger partial charge in [-0.1, -0.05) is 30.0 Å². The first-order valence-corrected chi connectivity index (χ1v) is 6.52. The zero-order valence-electron chi connectivity index (χ0n) is 10.2. The first-order valence-electron chi connectivity index (χ1n) is 5.64. The molecular formula is C13H13F2N3S. The summed E-state index contributed by atoms with van der Waals surface area (Å²) >= 11 is 0.515. The summed E-state index contributed by atoms with van der Waals surface area (Å²) in [5, 5.41) is 5.97. The maximum absolute atomic E-state index is 12.5. The summed E-state index contributed by atoms with van der Waals surface area (Å²) in [6.07, 6.45) is 0. The second-order valence-corrected chi connectivity index (χ2v) is 4.69. The largest absolute Gasteiger partial charge is 0.373 e. The molecule has 2 rings (SSSR count). The molecule has 0 atom stereocenters. The van der Waals surface area contributed by atoms with Crippen molar-refractivity contribution < 1.29 is 8.78 Å². The van der Waals surface area contributed by atoms with Crippen molar-refractivity contribution in [2.75, 3.05) is 17.7 Å². The average molecular weight is 281 g/mol. The number of rotatable bonds is 5. The number of para-hydroxylation sites is 1. The average Bonchev–Trinajstić information content (AvgIpc) is 2.41. The van der Waals surface area contributed by atoms with Crippen LogP contribution in [0.2, 0.25) is 0 Å². The van der Waals surface area contributed by atoms with E-state index in [1.165, 1.54) is 0 Å². The summed E-state index contributed by atoms with van der Waals surface area (Å²) in [7, 11) is 1.77. The molecule has 100 valence electrons. The molecule has 2 aromatic rings. The van der Waals surface area contributed by atoms with E-state index in [0.29, 0.717) is 34.0 Å². The first kappa shape index (κ1) is 13.6. The number of hydrogen-bond donors (Lipinski definition) is 2. The Kier molecular flexibility index (Phi) is 4.57. The SMILES string of the molecule is CNc1cccc(Nc2ccccc2SC(F)F)n1. The van der Waals surface area contributed by atoms with E-state index in [0.717, 1.165) is 0 Å². The molecule has 0 aliphatic heterocycles. The monoisotopic (exact) mass is 281 g/mol. The lowest BCUT2D eigenvalue weighted by Crippen LogP contribution is -1.98. The number of anilines is 3. The third-order valence-electron chi connectivity index (χ3n) is 2.37. The molecule has 0 aliphatic rings. The lowest BCUT2D eigenvalue weighted by atomic mass is 10.3. The van der Waals surface area contributed by atoms with Crippen LogP contribution in [0.1, 0.15) is 0 Å². The Bertz CT molecular complexity index is 549.